The molecule has 1 saturated heterocycles. The molecule has 1 aromatic heterocycles. The number of thioether (sulfide) groups is 1. The van der Waals surface area contributed by atoms with Gasteiger partial charge in [0.05, 0.1) is 0 Å². The molecule has 1 aromatic rings. The molecule has 72 valence electrons. The average Bonchev–Trinajstić information content (AvgIpc) is 2.72. The van der Waals surface area contributed by atoms with Crippen molar-refractivity contribution < 1.29 is 0 Å². The first kappa shape index (κ1) is 10.1. The van der Waals surface area contributed by atoms with Crippen molar-refractivity contribution >= 4 is 39.0 Å². The molecule has 0 nitrogen and oxygen atoms in total. The van der Waals surface area contributed by atoms with E-state index in [1.807, 2.05) is 0 Å². The maximum atomic E-state index is 3.75. The van der Waals surface area contributed by atoms with E-state index in [1.165, 1.54) is 29.9 Å². The van der Waals surface area contributed by atoms with E-state index in [0.717, 1.165) is 10.7 Å². The van der Waals surface area contributed by atoms with Gasteiger partial charge in [-0.1, -0.05) is 15.9 Å². The highest BCUT2D eigenvalue weighted by atomic mass is 79.9. The molecule has 2 heterocycles. The molecule has 3 heteroatoms. The Morgan fingerprint density at radius 1 is 1.46 bits per heavy atom. The summed E-state index contributed by atoms with van der Waals surface area (Å²) in [6.07, 6.45) is 2.61. The Bertz CT molecular complexity index is 245. The minimum atomic E-state index is 0.760. The van der Waals surface area contributed by atoms with Gasteiger partial charge < -0.3 is 0 Å². The lowest BCUT2D eigenvalue weighted by molar-refractivity contribution is 0.564. The fraction of sp³-hybridized carbons (Fsp3) is 0.600. The summed E-state index contributed by atoms with van der Waals surface area (Å²) in [5.74, 6) is 3.54. The largest absolute Gasteiger partial charge is 0.161 e. The van der Waals surface area contributed by atoms with Gasteiger partial charge in [0.15, 0.2) is 0 Å². The molecule has 1 aliphatic heterocycles. The van der Waals surface area contributed by atoms with Crippen molar-refractivity contribution in [2.24, 2.45) is 5.92 Å². The molecular formula is C10H13BrS2. The summed E-state index contributed by atoms with van der Waals surface area (Å²) >= 11 is 7.64. The Morgan fingerprint density at radius 2 is 2.38 bits per heavy atom. The summed E-state index contributed by atoms with van der Waals surface area (Å²) in [5, 5.41) is 4.44. The second-order valence-corrected chi connectivity index (χ2v) is 6.51. The zero-order valence-corrected chi connectivity index (χ0v) is 10.6. The molecule has 0 bridgehead atoms. The Morgan fingerprint density at radius 3 is 3.00 bits per heavy atom. The van der Waals surface area contributed by atoms with Gasteiger partial charge in [-0.25, -0.2) is 0 Å². The molecule has 1 aliphatic rings. The average molecular weight is 277 g/mol. The molecule has 0 aromatic carbocycles. The van der Waals surface area contributed by atoms with Crippen molar-refractivity contribution in [1.82, 2.24) is 0 Å². The first-order valence-corrected chi connectivity index (χ1v) is 7.60. The lowest BCUT2D eigenvalue weighted by Gasteiger charge is -2.11. The summed E-state index contributed by atoms with van der Waals surface area (Å²) in [6, 6.07) is 2.25. The third-order valence-corrected chi connectivity index (χ3v) is 6.00. The summed E-state index contributed by atoms with van der Waals surface area (Å²) < 4.78 is 0. The third-order valence-electron chi connectivity index (χ3n) is 2.50. The quantitative estimate of drug-likeness (QED) is 0.757. The van der Waals surface area contributed by atoms with E-state index in [4.69, 9.17) is 0 Å². The Hall–Kier alpha value is 0.530. The van der Waals surface area contributed by atoms with Crippen LogP contribution in [-0.2, 0) is 6.42 Å². The van der Waals surface area contributed by atoms with Crippen LogP contribution in [0.2, 0.25) is 0 Å². The fourth-order valence-electron chi connectivity index (χ4n) is 1.62. The molecule has 13 heavy (non-hydrogen) atoms. The van der Waals surface area contributed by atoms with Crippen LogP contribution in [0.4, 0.5) is 0 Å². The van der Waals surface area contributed by atoms with Crippen LogP contribution in [-0.4, -0.2) is 16.3 Å². The molecule has 2 atom stereocenters. The lowest BCUT2D eigenvalue weighted by Crippen LogP contribution is -2.11. The smallest absolute Gasteiger partial charge is 0.0272 e. The number of halogens is 1. The third kappa shape index (κ3) is 2.74. The van der Waals surface area contributed by atoms with E-state index in [0.29, 0.717) is 0 Å². The Labute approximate surface area is 96.2 Å². The normalized spacial score (nSPS) is 28.1. The summed E-state index contributed by atoms with van der Waals surface area (Å²) in [5.41, 5.74) is 1.52. The standard InChI is InChI=1S/C10H13BrS2/c11-10-7-13-6-9(10)2-1-8-3-4-12-5-8/h3-5,9-10H,1-2,6-7H2. The first-order chi connectivity index (χ1) is 6.36. The fourth-order valence-corrected chi connectivity index (χ4v) is 4.92. The molecule has 1 fully saturated rings. The number of rotatable bonds is 3. The summed E-state index contributed by atoms with van der Waals surface area (Å²) in [7, 11) is 0. The van der Waals surface area contributed by atoms with Crippen LogP contribution in [0.3, 0.4) is 0 Å². The Kier molecular flexibility index (Phi) is 3.75. The predicted octanol–water partition coefficient (Wildman–Crippen LogP) is 3.81. The maximum Gasteiger partial charge on any atom is 0.0272 e. The zero-order valence-electron chi connectivity index (χ0n) is 7.41. The van der Waals surface area contributed by atoms with Gasteiger partial charge in [-0.15, -0.1) is 0 Å². The summed E-state index contributed by atoms with van der Waals surface area (Å²) in [4.78, 5) is 0.760. The van der Waals surface area contributed by atoms with Crippen LogP contribution in [0, 0.1) is 5.92 Å². The number of hydrogen-bond acceptors (Lipinski definition) is 2. The molecule has 0 N–H and O–H groups in total. The van der Waals surface area contributed by atoms with E-state index in [2.05, 4.69) is 44.5 Å². The molecule has 2 rings (SSSR count). The maximum absolute atomic E-state index is 3.75. The molecule has 0 spiro atoms. The highest BCUT2D eigenvalue weighted by Crippen LogP contribution is 2.32. The van der Waals surface area contributed by atoms with Gasteiger partial charge in [-0.05, 0) is 46.9 Å². The second-order valence-electron chi connectivity index (χ2n) is 3.48. The summed E-state index contributed by atoms with van der Waals surface area (Å²) in [6.45, 7) is 0. The number of alkyl halides is 1. The minimum absolute atomic E-state index is 0.760. The molecule has 2 unspecified atom stereocenters. The van der Waals surface area contributed by atoms with E-state index in [9.17, 15) is 0 Å². The van der Waals surface area contributed by atoms with E-state index in [1.54, 1.807) is 11.3 Å². The van der Waals surface area contributed by atoms with E-state index < -0.39 is 0 Å². The molecule has 0 aliphatic carbocycles. The number of hydrogen-bond donors (Lipinski definition) is 0. The number of aryl methyl sites for hydroxylation is 1. The molecule has 0 radical (unpaired) electrons. The Balaban J connectivity index is 1.79. The van der Waals surface area contributed by atoms with Gasteiger partial charge in [0.25, 0.3) is 0 Å². The van der Waals surface area contributed by atoms with Crippen LogP contribution in [0.15, 0.2) is 16.8 Å². The van der Waals surface area contributed by atoms with Crippen LogP contribution in [0.5, 0.6) is 0 Å². The van der Waals surface area contributed by atoms with Crippen molar-refractivity contribution in [3.8, 4) is 0 Å². The highest BCUT2D eigenvalue weighted by Gasteiger charge is 2.24. The minimum Gasteiger partial charge on any atom is -0.161 e. The molecule has 0 saturated carbocycles. The van der Waals surface area contributed by atoms with Gasteiger partial charge in [0.1, 0.15) is 0 Å². The van der Waals surface area contributed by atoms with Crippen LogP contribution < -0.4 is 0 Å². The van der Waals surface area contributed by atoms with Crippen LogP contribution >= 0.6 is 39.0 Å². The second kappa shape index (κ2) is 4.85. The van der Waals surface area contributed by atoms with Crippen LogP contribution in [0.1, 0.15) is 12.0 Å². The lowest BCUT2D eigenvalue weighted by atomic mass is 10.0. The van der Waals surface area contributed by atoms with Gasteiger partial charge in [-0.2, -0.15) is 23.1 Å². The zero-order chi connectivity index (χ0) is 9.10. The van der Waals surface area contributed by atoms with Crippen molar-refractivity contribution in [3.63, 3.8) is 0 Å². The van der Waals surface area contributed by atoms with E-state index >= 15 is 0 Å². The number of thiophene rings is 1. The predicted molar refractivity (Wildman–Crippen MR) is 66.2 cm³/mol. The first-order valence-electron chi connectivity index (χ1n) is 4.59. The van der Waals surface area contributed by atoms with Gasteiger partial charge >= 0.3 is 0 Å². The van der Waals surface area contributed by atoms with Gasteiger partial charge in [0, 0.05) is 10.6 Å². The molecule has 0 amide bonds. The van der Waals surface area contributed by atoms with Gasteiger partial charge in [-0.3, -0.25) is 0 Å². The van der Waals surface area contributed by atoms with Crippen molar-refractivity contribution in [2.45, 2.75) is 17.7 Å². The van der Waals surface area contributed by atoms with Gasteiger partial charge in [0.2, 0.25) is 0 Å². The monoisotopic (exact) mass is 276 g/mol. The van der Waals surface area contributed by atoms with E-state index in [-0.39, 0.29) is 0 Å². The van der Waals surface area contributed by atoms with Crippen molar-refractivity contribution in [1.29, 1.82) is 0 Å². The topological polar surface area (TPSA) is 0 Å². The molecular weight excluding hydrogens is 264 g/mol. The van der Waals surface area contributed by atoms with Crippen molar-refractivity contribution in [2.75, 3.05) is 11.5 Å². The highest BCUT2D eigenvalue weighted by molar-refractivity contribution is 9.09. The van der Waals surface area contributed by atoms with Crippen molar-refractivity contribution in [3.05, 3.63) is 22.4 Å². The SMILES string of the molecule is BrC1CSCC1CCc1ccsc1. The van der Waals surface area contributed by atoms with Crippen LogP contribution in [0.25, 0.3) is 0 Å².